The Morgan fingerprint density at radius 3 is 2.72 bits per heavy atom. The van der Waals surface area contributed by atoms with E-state index in [-0.39, 0.29) is 5.82 Å². The van der Waals surface area contributed by atoms with Crippen molar-refractivity contribution >= 4 is 28.6 Å². The van der Waals surface area contributed by atoms with Crippen molar-refractivity contribution in [1.82, 2.24) is 29.9 Å². The third-order valence-corrected chi connectivity index (χ3v) is 4.84. The summed E-state index contributed by atoms with van der Waals surface area (Å²) in [7, 11) is 1.81. The fourth-order valence-electron chi connectivity index (χ4n) is 3.10. The molecule has 0 saturated carbocycles. The molecule has 7 nitrogen and oxygen atoms in total. The molecule has 0 bridgehead atoms. The molecule has 1 aliphatic rings. The average Bonchev–Trinajstić information content (AvgIpc) is 3.00. The van der Waals surface area contributed by atoms with E-state index in [1.165, 1.54) is 12.4 Å². The summed E-state index contributed by atoms with van der Waals surface area (Å²) in [6, 6.07) is 4.80. The fourth-order valence-corrected chi connectivity index (χ4v) is 3.32. The lowest BCUT2D eigenvalue weighted by Gasteiger charge is -2.35. The molecule has 1 saturated heterocycles. The maximum atomic E-state index is 14.0. The number of benzene rings is 1. The minimum absolute atomic E-state index is 0.257. The van der Waals surface area contributed by atoms with Crippen LogP contribution in [0.25, 0.3) is 11.2 Å². The summed E-state index contributed by atoms with van der Waals surface area (Å²) < 4.78 is 15.6. The molecule has 130 valence electrons. The minimum Gasteiger partial charge on any atom is -0.352 e. The van der Waals surface area contributed by atoms with Gasteiger partial charge in [0.1, 0.15) is 12.1 Å². The van der Waals surface area contributed by atoms with Gasteiger partial charge < -0.3 is 4.90 Å². The van der Waals surface area contributed by atoms with Crippen molar-refractivity contribution in [2.45, 2.75) is 6.54 Å². The first-order valence-electron chi connectivity index (χ1n) is 8.04. The van der Waals surface area contributed by atoms with Gasteiger partial charge in [0.25, 0.3) is 0 Å². The first kappa shape index (κ1) is 16.2. The van der Waals surface area contributed by atoms with Crippen molar-refractivity contribution in [3.63, 3.8) is 0 Å². The van der Waals surface area contributed by atoms with E-state index in [1.807, 2.05) is 7.05 Å². The lowest BCUT2D eigenvalue weighted by molar-refractivity contribution is 0.246. The van der Waals surface area contributed by atoms with Crippen LogP contribution in [0.1, 0.15) is 5.56 Å². The second kappa shape index (κ2) is 6.53. The van der Waals surface area contributed by atoms with Crippen molar-refractivity contribution in [1.29, 1.82) is 0 Å². The number of piperazine rings is 1. The van der Waals surface area contributed by atoms with Gasteiger partial charge in [-0.05, 0) is 12.1 Å². The van der Waals surface area contributed by atoms with E-state index in [0.717, 1.165) is 32.0 Å². The summed E-state index contributed by atoms with van der Waals surface area (Å²) in [5, 5.41) is 8.65. The molecule has 25 heavy (non-hydrogen) atoms. The van der Waals surface area contributed by atoms with E-state index in [0.29, 0.717) is 28.3 Å². The standard InChI is InChI=1S/C16H17ClFN7/c1-23-15-14(21-22-23)16(20-10-19-15)25-7-5-24(6-8-25)9-11-12(17)3-2-4-13(11)18/h2-4,10H,5-9H2,1H3. The lowest BCUT2D eigenvalue weighted by atomic mass is 10.2. The molecule has 1 fully saturated rings. The van der Waals surface area contributed by atoms with Gasteiger partial charge in [0, 0.05) is 50.4 Å². The SMILES string of the molecule is Cn1nnc2c(N3CCN(Cc4c(F)cccc4Cl)CC3)ncnc21. The van der Waals surface area contributed by atoms with E-state index in [4.69, 9.17) is 11.6 Å². The molecule has 3 aromatic rings. The maximum absolute atomic E-state index is 14.0. The van der Waals surface area contributed by atoms with Gasteiger partial charge in [0.05, 0.1) is 0 Å². The van der Waals surface area contributed by atoms with Gasteiger partial charge in [0.15, 0.2) is 17.0 Å². The lowest BCUT2D eigenvalue weighted by Crippen LogP contribution is -2.46. The minimum atomic E-state index is -0.257. The van der Waals surface area contributed by atoms with E-state index in [9.17, 15) is 4.39 Å². The Bertz CT molecular complexity index is 884. The molecular weight excluding hydrogens is 345 g/mol. The third-order valence-electron chi connectivity index (χ3n) is 4.48. The molecule has 2 aromatic heterocycles. The highest BCUT2D eigenvalue weighted by molar-refractivity contribution is 6.31. The van der Waals surface area contributed by atoms with Crippen LogP contribution in [0, 0.1) is 5.82 Å². The number of fused-ring (bicyclic) bond motifs is 1. The first-order valence-corrected chi connectivity index (χ1v) is 8.42. The van der Waals surface area contributed by atoms with Crippen LogP contribution in [-0.4, -0.2) is 56.0 Å². The molecule has 0 amide bonds. The molecule has 3 heterocycles. The highest BCUT2D eigenvalue weighted by Gasteiger charge is 2.23. The second-order valence-electron chi connectivity index (χ2n) is 6.05. The van der Waals surface area contributed by atoms with Crippen molar-refractivity contribution < 1.29 is 4.39 Å². The number of aryl methyl sites for hydroxylation is 1. The summed E-state index contributed by atoms with van der Waals surface area (Å²) in [5.41, 5.74) is 1.97. The molecular formula is C16H17ClFN7. The van der Waals surface area contributed by atoms with Gasteiger partial charge in [-0.2, -0.15) is 0 Å². The zero-order valence-electron chi connectivity index (χ0n) is 13.7. The van der Waals surface area contributed by atoms with E-state index in [1.54, 1.807) is 16.8 Å². The summed E-state index contributed by atoms with van der Waals surface area (Å²) in [6.45, 7) is 3.63. The molecule has 0 N–H and O–H groups in total. The van der Waals surface area contributed by atoms with Gasteiger partial charge in [-0.3, -0.25) is 4.90 Å². The molecule has 0 spiro atoms. The number of nitrogens with zero attached hydrogens (tertiary/aromatic N) is 7. The maximum Gasteiger partial charge on any atom is 0.183 e. The normalized spacial score (nSPS) is 15.9. The number of halogens is 2. The van der Waals surface area contributed by atoms with Crippen molar-refractivity contribution in [3.8, 4) is 0 Å². The average molecular weight is 362 g/mol. The monoisotopic (exact) mass is 361 g/mol. The Morgan fingerprint density at radius 2 is 1.96 bits per heavy atom. The van der Waals surface area contributed by atoms with Gasteiger partial charge in [0.2, 0.25) is 0 Å². The van der Waals surface area contributed by atoms with E-state index in [2.05, 4.69) is 30.1 Å². The van der Waals surface area contributed by atoms with E-state index < -0.39 is 0 Å². The summed E-state index contributed by atoms with van der Waals surface area (Å²) in [4.78, 5) is 13.0. The van der Waals surface area contributed by atoms with Gasteiger partial charge in [-0.25, -0.2) is 19.0 Å². The molecule has 1 aromatic carbocycles. The van der Waals surface area contributed by atoms with Crippen LogP contribution in [0.5, 0.6) is 0 Å². The topological polar surface area (TPSA) is 63.0 Å². The predicted octanol–water partition coefficient (Wildman–Crippen LogP) is 1.87. The summed E-state index contributed by atoms with van der Waals surface area (Å²) in [5.74, 6) is 0.536. The fraction of sp³-hybridized carbons (Fsp3) is 0.375. The van der Waals surface area contributed by atoms with E-state index >= 15 is 0 Å². The molecule has 9 heteroatoms. The van der Waals surface area contributed by atoms with Crippen LogP contribution in [0.3, 0.4) is 0 Å². The first-order chi connectivity index (χ1) is 12.1. The van der Waals surface area contributed by atoms with Gasteiger partial charge in [-0.1, -0.05) is 22.9 Å². The van der Waals surface area contributed by atoms with Crippen LogP contribution in [0.4, 0.5) is 10.2 Å². The zero-order valence-corrected chi connectivity index (χ0v) is 14.5. The number of rotatable bonds is 3. The van der Waals surface area contributed by atoms with Crippen molar-refractivity contribution in [2.24, 2.45) is 7.05 Å². The Kier molecular flexibility index (Phi) is 4.22. The molecule has 0 unspecified atom stereocenters. The highest BCUT2D eigenvalue weighted by Crippen LogP contribution is 2.24. The van der Waals surface area contributed by atoms with Gasteiger partial charge in [-0.15, -0.1) is 5.10 Å². The zero-order chi connectivity index (χ0) is 17.4. The van der Waals surface area contributed by atoms with Crippen LogP contribution < -0.4 is 4.90 Å². The van der Waals surface area contributed by atoms with Gasteiger partial charge >= 0.3 is 0 Å². The Balaban J connectivity index is 1.48. The van der Waals surface area contributed by atoms with Crippen molar-refractivity contribution in [3.05, 3.63) is 40.9 Å². The number of anilines is 1. The third kappa shape index (κ3) is 3.03. The second-order valence-corrected chi connectivity index (χ2v) is 6.45. The van der Waals surface area contributed by atoms with Crippen LogP contribution in [-0.2, 0) is 13.6 Å². The van der Waals surface area contributed by atoms with Crippen LogP contribution in [0.15, 0.2) is 24.5 Å². The predicted molar refractivity (Wildman–Crippen MR) is 93.0 cm³/mol. The summed E-state index contributed by atoms with van der Waals surface area (Å²) in [6.07, 6.45) is 1.53. The van der Waals surface area contributed by atoms with Crippen LogP contribution >= 0.6 is 11.6 Å². The molecule has 0 radical (unpaired) electrons. The smallest absolute Gasteiger partial charge is 0.183 e. The Hall–Kier alpha value is -2.32. The van der Waals surface area contributed by atoms with Crippen molar-refractivity contribution in [2.75, 3.05) is 31.1 Å². The highest BCUT2D eigenvalue weighted by atomic mass is 35.5. The Labute approximate surface area is 149 Å². The molecule has 4 rings (SSSR count). The Morgan fingerprint density at radius 1 is 1.16 bits per heavy atom. The molecule has 0 atom stereocenters. The quantitative estimate of drug-likeness (QED) is 0.709. The molecule has 0 aliphatic carbocycles. The largest absolute Gasteiger partial charge is 0.352 e. The number of hydrogen-bond acceptors (Lipinski definition) is 6. The number of aromatic nitrogens is 5. The number of hydrogen-bond donors (Lipinski definition) is 0. The summed E-state index contributed by atoms with van der Waals surface area (Å²) >= 11 is 6.13. The van der Waals surface area contributed by atoms with Crippen LogP contribution in [0.2, 0.25) is 5.02 Å². The molecule has 1 aliphatic heterocycles.